The molecular weight excluding hydrogens is 588 g/mol. The molecule has 0 heterocycles. The molecule has 252 valence electrons. The van der Waals surface area contributed by atoms with Gasteiger partial charge in [-0.15, -0.1) is 0 Å². The van der Waals surface area contributed by atoms with E-state index in [2.05, 4.69) is 148 Å². The molecule has 4 rings (SSSR count). The maximum atomic E-state index is 5.90. The van der Waals surface area contributed by atoms with Crippen LogP contribution in [0.1, 0.15) is 112 Å². The Morgan fingerprint density at radius 2 is 0.583 bits per heavy atom. The lowest BCUT2D eigenvalue weighted by Gasteiger charge is -2.06. The van der Waals surface area contributed by atoms with Crippen LogP contribution >= 0.6 is 0 Å². The summed E-state index contributed by atoms with van der Waals surface area (Å²) < 4.78 is 17.7. The summed E-state index contributed by atoms with van der Waals surface area (Å²) in [5.41, 5.74) is 6.85. The molecule has 0 atom stereocenters. The Kier molecular flexibility index (Phi) is 16.2. The largest absolute Gasteiger partial charge is 0.494 e. The molecule has 48 heavy (non-hydrogen) atoms. The monoisotopic (exact) mass is 642 g/mol. The Morgan fingerprint density at radius 3 is 0.833 bits per heavy atom. The van der Waals surface area contributed by atoms with Crippen molar-refractivity contribution < 1.29 is 14.2 Å². The van der Waals surface area contributed by atoms with Crippen molar-refractivity contribution in [1.29, 1.82) is 0 Å². The Labute approximate surface area is 290 Å². The van der Waals surface area contributed by atoms with E-state index in [1.165, 1.54) is 38.5 Å². The zero-order chi connectivity index (χ0) is 33.7. The normalized spacial score (nSPS) is 11.6. The molecule has 0 saturated carbocycles. The predicted octanol–water partition coefficient (Wildman–Crippen LogP) is 12.9. The van der Waals surface area contributed by atoms with E-state index in [4.69, 9.17) is 14.2 Å². The van der Waals surface area contributed by atoms with Gasteiger partial charge in [-0.25, -0.2) is 0 Å². The standard InChI is InChI=1S/C45H54O3/c1-4-7-10-31-46-43-25-19-37(20-26-43)13-16-40-34-41(17-14-38-21-27-44(28-22-38)47-32-11-8-5-2)36-42(35-40)18-15-39-23-29-45(30-24-39)48-33-12-9-6-3/h13-30,34-36H,4-12,31-33H2,1-3H3/b16-13+,17-14+,18-15+. The lowest BCUT2D eigenvalue weighted by molar-refractivity contribution is 0.306. The van der Waals surface area contributed by atoms with E-state index in [9.17, 15) is 0 Å². The van der Waals surface area contributed by atoms with Crippen LogP contribution in [0.4, 0.5) is 0 Å². The van der Waals surface area contributed by atoms with Crippen molar-refractivity contribution >= 4 is 36.5 Å². The van der Waals surface area contributed by atoms with Gasteiger partial charge < -0.3 is 14.2 Å². The summed E-state index contributed by atoms with van der Waals surface area (Å²) in [6.45, 7) is 8.94. The van der Waals surface area contributed by atoms with Crippen LogP contribution in [0, 0.1) is 0 Å². The van der Waals surface area contributed by atoms with Crippen LogP contribution in [-0.4, -0.2) is 19.8 Å². The SMILES string of the molecule is CCCCCOc1ccc(/C=C/c2cc(/C=C/c3ccc(OCCCCC)cc3)cc(/C=C/c3ccc(OCCCCC)cc3)c2)cc1. The van der Waals surface area contributed by atoms with Crippen LogP contribution in [-0.2, 0) is 0 Å². The number of benzene rings is 4. The Balaban J connectivity index is 1.48. The third kappa shape index (κ3) is 13.7. The highest BCUT2D eigenvalue weighted by Crippen LogP contribution is 2.22. The van der Waals surface area contributed by atoms with E-state index in [0.717, 1.165) is 89.7 Å². The zero-order valence-electron chi connectivity index (χ0n) is 29.3. The fourth-order valence-corrected chi connectivity index (χ4v) is 5.22. The zero-order valence-corrected chi connectivity index (χ0v) is 29.3. The van der Waals surface area contributed by atoms with Gasteiger partial charge in [0.1, 0.15) is 17.2 Å². The van der Waals surface area contributed by atoms with Crippen molar-refractivity contribution in [1.82, 2.24) is 0 Å². The van der Waals surface area contributed by atoms with Crippen LogP contribution in [0.3, 0.4) is 0 Å². The van der Waals surface area contributed by atoms with E-state index >= 15 is 0 Å². The number of hydrogen-bond acceptors (Lipinski definition) is 3. The Bertz CT molecular complexity index is 1340. The van der Waals surface area contributed by atoms with Crippen molar-refractivity contribution in [2.24, 2.45) is 0 Å². The minimum atomic E-state index is 0.771. The van der Waals surface area contributed by atoms with Crippen molar-refractivity contribution in [2.75, 3.05) is 19.8 Å². The summed E-state index contributed by atoms with van der Waals surface area (Å²) in [4.78, 5) is 0. The van der Waals surface area contributed by atoms with Crippen molar-refractivity contribution in [2.45, 2.75) is 78.6 Å². The second kappa shape index (κ2) is 21.4. The quantitative estimate of drug-likeness (QED) is 0.0668. The van der Waals surface area contributed by atoms with E-state index in [0.29, 0.717) is 0 Å². The first kappa shape index (κ1) is 36.3. The molecule has 0 fully saturated rings. The molecule has 0 aliphatic carbocycles. The van der Waals surface area contributed by atoms with E-state index in [1.54, 1.807) is 0 Å². The summed E-state index contributed by atoms with van der Waals surface area (Å²) in [6, 6.07) is 31.7. The molecule has 4 aromatic carbocycles. The molecule has 3 nitrogen and oxygen atoms in total. The fourth-order valence-electron chi connectivity index (χ4n) is 5.22. The van der Waals surface area contributed by atoms with Crippen LogP contribution < -0.4 is 14.2 Å². The van der Waals surface area contributed by atoms with Gasteiger partial charge in [0.2, 0.25) is 0 Å². The molecular formula is C45H54O3. The third-order valence-corrected chi connectivity index (χ3v) is 8.09. The van der Waals surface area contributed by atoms with Gasteiger partial charge >= 0.3 is 0 Å². The number of rotatable bonds is 21. The number of unbranched alkanes of at least 4 members (excludes halogenated alkanes) is 6. The molecule has 0 radical (unpaired) electrons. The van der Waals surface area contributed by atoms with Gasteiger partial charge in [0, 0.05) is 0 Å². The molecule has 3 heteroatoms. The minimum Gasteiger partial charge on any atom is -0.494 e. The van der Waals surface area contributed by atoms with Gasteiger partial charge in [0.25, 0.3) is 0 Å². The average Bonchev–Trinajstić information content (AvgIpc) is 3.12. The molecule has 0 N–H and O–H groups in total. The highest BCUT2D eigenvalue weighted by atomic mass is 16.5. The first-order valence-electron chi connectivity index (χ1n) is 18.0. The van der Waals surface area contributed by atoms with Crippen LogP contribution in [0.5, 0.6) is 17.2 Å². The highest BCUT2D eigenvalue weighted by Gasteiger charge is 2.00. The maximum Gasteiger partial charge on any atom is 0.119 e. The van der Waals surface area contributed by atoms with Crippen molar-refractivity contribution in [3.8, 4) is 17.2 Å². The smallest absolute Gasteiger partial charge is 0.119 e. The summed E-state index contributed by atoms with van der Waals surface area (Å²) in [7, 11) is 0. The molecule has 0 aromatic heterocycles. The third-order valence-electron chi connectivity index (χ3n) is 8.09. The lowest BCUT2D eigenvalue weighted by Crippen LogP contribution is -1.96. The molecule has 0 saturated heterocycles. The molecule has 0 aliphatic heterocycles. The van der Waals surface area contributed by atoms with Gasteiger partial charge in [0.15, 0.2) is 0 Å². The van der Waals surface area contributed by atoms with Crippen molar-refractivity contribution in [3.63, 3.8) is 0 Å². The average molecular weight is 643 g/mol. The second-order valence-electron chi connectivity index (χ2n) is 12.3. The van der Waals surface area contributed by atoms with Crippen LogP contribution in [0.2, 0.25) is 0 Å². The number of ether oxygens (including phenoxy) is 3. The van der Waals surface area contributed by atoms with E-state index in [1.807, 2.05) is 0 Å². The molecule has 0 unspecified atom stereocenters. The van der Waals surface area contributed by atoms with Crippen LogP contribution in [0.25, 0.3) is 36.5 Å². The summed E-state index contributed by atoms with van der Waals surface area (Å²) in [5, 5.41) is 0. The maximum absolute atomic E-state index is 5.90. The van der Waals surface area contributed by atoms with Gasteiger partial charge in [-0.1, -0.05) is 132 Å². The van der Waals surface area contributed by atoms with Gasteiger partial charge in [-0.05, 0) is 107 Å². The molecule has 4 aromatic rings. The molecule has 0 bridgehead atoms. The highest BCUT2D eigenvalue weighted by molar-refractivity contribution is 5.79. The van der Waals surface area contributed by atoms with Gasteiger partial charge in [-0.3, -0.25) is 0 Å². The first-order valence-corrected chi connectivity index (χ1v) is 18.0. The minimum absolute atomic E-state index is 0.771. The first-order chi connectivity index (χ1) is 23.6. The summed E-state index contributed by atoms with van der Waals surface area (Å²) >= 11 is 0. The Morgan fingerprint density at radius 1 is 0.333 bits per heavy atom. The number of hydrogen-bond donors (Lipinski definition) is 0. The topological polar surface area (TPSA) is 27.7 Å². The predicted molar refractivity (Wildman–Crippen MR) is 208 cm³/mol. The summed E-state index contributed by atoms with van der Waals surface area (Å²) in [6.07, 6.45) is 23.5. The van der Waals surface area contributed by atoms with E-state index in [-0.39, 0.29) is 0 Å². The Hall–Kier alpha value is -4.50. The molecule has 0 amide bonds. The summed E-state index contributed by atoms with van der Waals surface area (Å²) in [5.74, 6) is 2.78. The molecule has 0 aliphatic rings. The lowest BCUT2D eigenvalue weighted by atomic mass is 10.0. The van der Waals surface area contributed by atoms with Crippen molar-refractivity contribution in [3.05, 3.63) is 124 Å². The van der Waals surface area contributed by atoms with Gasteiger partial charge in [0.05, 0.1) is 19.8 Å². The molecule has 0 spiro atoms. The van der Waals surface area contributed by atoms with E-state index < -0.39 is 0 Å². The second-order valence-corrected chi connectivity index (χ2v) is 12.3. The fraction of sp³-hybridized carbons (Fsp3) is 0.333. The van der Waals surface area contributed by atoms with Gasteiger partial charge in [-0.2, -0.15) is 0 Å². The van der Waals surface area contributed by atoms with Crippen LogP contribution in [0.15, 0.2) is 91.0 Å².